The fraction of sp³-hybridized carbons (Fsp3) is 0.200. The minimum absolute atomic E-state index is 0.0200. The standard InChI is InChI=1S/C20H20N4O3/c1-13-7-8-16(11-19(13)24(26)27)22-20(25)18-10-14(2)23(15(18)3)12-17-6-4-5-9-21-17/h4-11H,12H2,1-3H3,(H,22,25). The molecule has 0 saturated carbocycles. The van der Waals surface area contributed by atoms with Gasteiger partial charge >= 0.3 is 0 Å². The zero-order valence-electron chi connectivity index (χ0n) is 15.4. The minimum atomic E-state index is -0.455. The number of nitro groups is 1. The van der Waals surface area contributed by atoms with Gasteiger partial charge in [0.05, 0.1) is 22.7 Å². The molecule has 1 aromatic carbocycles. The number of aryl methyl sites for hydroxylation is 2. The Hall–Kier alpha value is -3.48. The number of nitrogens with one attached hydrogen (secondary N) is 1. The summed E-state index contributed by atoms with van der Waals surface area (Å²) in [6.07, 6.45) is 1.74. The molecule has 0 bridgehead atoms. The predicted molar refractivity (Wildman–Crippen MR) is 103 cm³/mol. The van der Waals surface area contributed by atoms with Crippen molar-refractivity contribution in [2.75, 3.05) is 5.32 Å². The van der Waals surface area contributed by atoms with Crippen LogP contribution in [0.4, 0.5) is 11.4 Å². The van der Waals surface area contributed by atoms with E-state index in [1.807, 2.05) is 42.7 Å². The molecule has 138 valence electrons. The van der Waals surface area contributed by atoms with E-state index in [-0.39, 0.29) is 11.6 Å². The number of aromatic nitrogens is 2. The molecule has 0 aliphatic heterocycles. The number of carbonyl (C=O) groups is 1. The largest absolute Gasteiger partial charge is 0.342 e. The van der Waals surface area contributed by atoms with E-state index in [0.717, 1.165) is 17.1 Å². The first-order chi connectivity index (χ1) is 12.9. The number of anilines is 1. The van der Waals surface area contributed by atoms with Crippen LogP contribution < -0.4 is 5.32 Å². The third-order valence-corrected chi connectivity index (χ3v) is 4.53. The van der Waals surface area contributed by atoms with Crippen LogP contribution in [0, 0.1) is 30.9 Å². The summed E-state index contributed by atoms with van der Waals surface area (Å²) in [6.45, 7) is 6.04. The predicted octanol–water partition coefficient (Wildman–Crippen LogP) is 4.02. The Kier molecular flexibility index (Phi) is 5.03. The fourth-order valence-electron chi connectivity index (χ4n) is 3.01. The fourth-order valence-corrected chi connectivity index (χ4v) is 3.01. The third-order valence-electron chi connectivity index (χ3n) is 4.53. The Morgan fingerprint density at radius 2 is 1.96 bits per heavy atom. The molecule has 2 heterocycles. The maximum Gasteiger partial charge on any atom is 0.274 e. The van der Waals surface area contributed by atoms with Crippen LogP contribution in [0.3, 0.4) is 0 Å². The number of carbonyl (C=O) groups excluding carboxylic acids is 1. The van der Waals surface area contributed by atoms with Gasteiger partial charge in [-0.05, 0) is 45.0 Å². The molecule has 0 aliphatic carbocycles. The molecule has 3 rings (SSSR count). The lowest BCUT2D eigenvalue weighted by Gasteiger charge is -2.10. The number of pyridine rings is 1. The average Bonchev–Trinajstić information content (AvgIpc) is 2.92. The van der Waals surface area contributed by atoms with Crippen molar-refractivity contribution in [2.45, 2.75) is 27.3 Å². The van der Waals surface area contributed by atoms with Crippen LogP contribution in [-0.2, 0) is 6.54 Å². The van der Waals surface area contributed by atoms with E-state index in [1.165, 1.54) is 6.07 Å². The average molecular weight is 364 g/mol. The van der Waals surface area contributed by atoms with E-state index < -0.39 is 4.92 Å². The van der Waals surface area contributed by atoms with Gasteiger partial charge in [-0.15, -0.1) is 0 Å². The molecule has 0 unspecified atom stereocenters. The first-order valence-electron chi connectivity index (χ1n) is 8.50. The van der Waals surface area contributed by atoms with E-state index in [9.17, 15) is 14.9 Å². The first-order valence-corrected chi connectivity index (χ1v) is 8.50. The van der Waals surface area contributed by atoms with Gasteiger partial charge in [0.2, 0.25) is 0 Å². The van der Waals surface area contributed by atoms with Crippen molar-refractivity contribution in [3.63, 3.8) is 0 Å². The Bertz CT molecular complexity index is 1010. The summed E-state index contributed by atoms with van der Waals surface area (Å²) < 4.78 is 2.02. The molecule has 3 aromatic rings. The number of benzene rings is 1. The van der Waals surface area contributed by atoms with E-state index in [2.05, 4.69) is 10.3 Å². The molecular formula is C20H20N4O3. The molecule has 0 radical (unpaired) electrons. The van der Waals surface area contributed by atoms with Gasteiger partial charge < -0.3 is 9.88 Å². The normalized spacial score (nSPS) is 10.6. The first kappa shape index (κ1) is 18.3. The third kappa shape index (κ3) is 3.87. The Morgan fingerprint density at radius 3 is 2.63 bits per heavy atom. The van der Waals surface area contributed by atoms with Crippen molar-refractivity contribution in [1.82, 2.24) is 9.55 Å². The molecule has 0 spiro atoms. The van der Waals surface area contributed by atoms with E-state index >= 15 is 0 Å². The van der Waals surface area contributed by atoms with Crippen LogP contribution in [0.15, 0.2) is 48.7 Å². The van der Waals surface area contributed by atoms with Gasteiger partial charge in [0.1, 0.15) is 0 Å². The molecule has 7 heteroatoms. The second kappa shape index (κ2) is 7.41. The Morgan fingerprint density at radius 1 is 1.19 bits per heavy atom. The summed E-state index contributed by atoms with van der Waals surface area (Å²) in [5.74, 6) is -0.298. The lowest BCUT2D eigenvalue weighted by molar-refractivity contribution is -0.385. The van der Waals surface area contributed by atoms with Gasteiger partial charge in [-0.25, -0.2) is 0 Å². The summed E-state index contributed by atoms with van der Waals surface area (Å²) in [4.78, 5) is 27.7. The number of hydrogen-bond acceptors (Lipinski definition) is 4. The molecule has 0 aliphatic rings. The van der Waals surface area contributed by atoms with Crippen LogP contribution in [-0.4, -0.2) is 20.4 Å². The summed E-state index contributed by atoms with van der Waals surface area (Å²) in [7, 11) is 0. The van der Waals surface area contributed by atoms with Crippen molar-refractivity contribution >= 4 is 17.3 Å². The minimum Gasteiger partial charge on any atom is -0.342 e. The lowest BCUT2D eigenvalue weighted by atomic mass is 10.1. The molecule has 0 atom stereocenters. The van der Waals surface area contributed by atoms with Gasteiger partial charge in [0.15, 0.2) is 0 Å². The topological polar surface area (TPSA) is 90.1 Å². The quantitative estimate of drug-likeness (QED) is 0.547. The van der Waals surface area contributed by atoms with Crippen LogP contribution in [0.2, 0.25) is 0 Å². The number of rotatable bonds is 5. The monoisotopic (exact) mass is 364 g/mol. The highest BCUT2D eigenvalue weighted by molar-refractivity contribution is 6.05. The van der Waals surface area contributed by atoms with Crippen molar-refractivity contribution in [1.29, 1.82) is 0 Å². The molecular weight excluding hydrogens is 344 g/mol. The summed E-state index contributed by atoms with van der Waals surface area (Å²) >= 11 is 0. The van der Waals surface area contributed by atoms with Crippen LogP contribution in [0.1, 0.15) is 33.0 Å². The second-order valence-electron chi connectivity index (χ2n) is 6.40. The van der Waals surface area contributed by atoms with E-state index in [1.54, 1.807) is 25.3 Å². The Balaban J connectivity index is 1.85. The number of amides is 1. The maximum absolute atomic E-state index is 12.7. The SMILES string of the molecule is Cc1ccc(NC(=O)c2cc(C)n(Cc3ccccn3)c2C)cc1[N+](=O)[O-]. The van der Waals surface area contributed by atoms with Crippen molar-refractivity contribution in [3.8, 4) is 0 Å². The summed E-state index contributed by atoms with van der Waals surface area (Å²) in [6, 6.07) is 12.2. The van der Waals surface area contributed by atoms with E-state index in [4.69, 9.17) is 0 Å². The molecule has 0 fully saturated rings. The van der Waals surface area contributed by atoms with Gasteiger partial charge in [0, 0.05) is 34.9 Å². The number of nitrogens with zero attached hydrogens (tertiary/aromatic N) is 3. The smallest absolute Gasteiger partial charge is 0.274 e. The molecule has 7 nitrogen and oxygen atoms in total. The molecule has 1 amide bonds. The number of hydrogen-bond donors (Lipinski definition) is 1. The highest BCUT2D eigenvalue weighted by Crippen LogP contribution is 2.24. The van der Waals surface area contributed by atoms with Crippen molar-refractivity contribution < 1.29 is 9.72 Å². The number of nitro benzene ring substituents is 1. The Labute approximate surface area is 156 Å². The maximum atomic E-state index is 12.7. The van der Waals surface area contributed by atoms with Gasteiger partial charge in [0.25, 0.3) is 11.6 Å². The van der Waals surface area contributed by atoms with Crippen LogP contribution >= 0.6 is 0 Å². The highest BCUT2D eigenvalue weighted by Gasteiger charge is 2.18. The highest BCUT2D eigenvalue weighted by atomic mass is 16.6. The molecule has 0 saturated heterocycles. The lowest BCUT2D eigenvalue weighted by Crippen LogP contribution is -2.14. The zero-order chi connectivity index (χ0) is 19.6. The molecule has 27 heavy (non-hydrogen) atoms. The van der Waals surface area contributed by atoms with Crippen LogP contribution in [0.5, 0.6) is 0 Å². The van der Waals surface area contributed by atoms with Crippen molar-refractivity contribution in [3.05, 3.63) is 87.0 Å². The summed E-state index contributed by atoms with van der Waals surface area (Å²) in [5, 5.41) is 13.8. The van der Waals surface area contributed by atoms with E-state index in [0.29, 0.717) is 23.4 Å². The second-order valence-corrected chi connectivity index (χ2v) is 6.40. The molecule has 1 N–H and O–H groups in total. The summed E-state index contributed by atoms with van der Waals surface area (Å²) in [5.41, 5.74) is 4.12. The van der Waals surface area contributed by atoms with Crippen molar-refractivity contribution in [2.24, 2.45) is 0 Å². The zero-order valence-corrected chi connectivity index (χ0v) is 15.4. The van der Waals surface area contributed by atoms with Crippen LogP contribution in [0.25, 0.3) is 0 Å². The van der Waals surface area contributed by atoms with Gasteiger partial charge in [-0.2, -0.15) is 0 Å². The van der Waals surface area contributed by atoms with Gasteiger partial charge in [-0.3, -0.25) is 19.9 Å². The molecule has 2 aromatic heterocycles. The van der Waals surface area contributed by atoms with Gasteiger partial charge in [-0.1, -0.05) is 12.1 Å².